The summed E-state index contributed by atoms with van der Waals surface area (Å²) in [7, 11) is -2.85. The first-order chi connectivity index (χ1) is 12.7. The minimum absolute atomic E-state index is 0.0268. The number of sulfone groups is 1. The maximum absolute atomic E-state index is 14.1. The molecule has 150 valence electrons. The number of halogens is 2. The number of nitrogens with two attached hydrogens (primary N) is 1. The summed E-state index contributed by atoms with van der Waals surface area (Å²) in [6.07, 6.45) is 4.82. The third kappa shape index (κ3) is 5.30. The summed E-state index contributed by atoms with van der Waals surface area (Å²) in [5, 5.41) is 6.51. The molecule has 0 bridgehead atoms. The lowest BCUT2D eigenvalue weighted by molar-refractivity contribution is 0.0999. The maximum Gasteiger partial charge on any atom is 0.251 e. The molecule has 0 unspecified atom stereocenters. The van der Waals surface area contributed by atoms with E-state index < -0.39 is 21.6 Å². The van der Waals surface area contributed by atoms with Crippen molar-refractivity contribution in [3.8, 4) is 0 Å². The number of primary amides is 1. The quantitative estimate of drug-likeness (QED) is 0.629. The zero-order chi connectivity index (χ0) is 19.6. The molecule has 0 spiro atoms. The molecule has 2 heterocycles. The van der Waals surface area contributed by atoms with Gasteiger partial charge in [-0.15, -0.1) is 0 Å². The van der Waals surface area contributed by atoms with E-state index in [9.17, 15) is 17.6 Å². The topological polar surface area (TPSA) is 114 Å². The molecule has 4 N–H and O–H groups in total. The molecule has 1 aliphatic carbocycles. The smallest absolute Gasteiger partial charge is 0.251 e. The fourth-order valence-electron chi connectivity index (χ4n) is 3.73. The number of pyridine rings is 1. The van der Waals surface area contributed by atoms with Crippen molar-refractivity contribution in [2.75, 3.05) is 16.8 Å². The summed E-state index contributed by atoms with van der Waals surface area (Å²) >= 11 is 5.89. The van der Waals surface area contributed by atoms with E-state index in [0.29, 0.717) is 18.9 Å². The molecular weight excluding hydrogens is 395 g/mol. The molecule has 2 aliphatic rings. The molecule has 7 nitrogen and oxygen atoms in total. The summed E-state index contributed by atoms with van der Waals surface area (Å²) in [6, 6.07) is 1.66. The number of carbonyl (C=O) groups is 1. The van der Waals surface area contributed by atoms with E-state index in [4.69, 9.17) is 17.3 Å². The lowest BCUT2D eigenvalue weighted by Gasteiger charge is -2.34. The summed E-state index contributed by atoms with van der Waals surface area (Å²) in [5.41, 5.74) is 5.00. The van der Waals surface area contributed by atoms with Crippen LogP contribution in [0.2, 0.25) is 5.15 Å². The van der Waals surface area contributed by atoms with E-state index in [-0.39, 0.29) is 40.1 Å². The lowest BCUT2D eigenvalue weighted by atomic mass is 9.90. The third-order valence-corrected chi connectivity index (χ3v) is 7.29. The van der Waals surface area contributed by atoms with Crippen LogP contribution < -0.4 is 16.4 Å². The van der Waals surface area contributed by atoms with Gasteiger partial charge in [0.2, 0.25) is 0 Å². The van der Waals surface area contributed by atoms with Crippen LogP contribution in [-0.2, 0) is 9.84 Å². The van der Waals surface area contributed by atoms with Crippen LogP contribution in [0.1, 0.15) is 48.9 Å². The van der Waals surface area contributed by atoms with Crippen LogP contribution in [-0.4, -0.2) is 48.9 Å². The summed E-state index contributed by atoms with van der Waals surface area (Å²) in [4.78, 5) is 15.1. The Bertz CT molecular complexity index is 799. The van der Waals surface area contributed by atoms with Crippen LogP contribution in [0.4, 0.5) is 10.2 Å². The number of carbonyl (C=O) groups excluding carboxylic acids is 1. The predicted molar refractivity (Wildman–Crippen MR) is 102 cm³/mol. The molecule has 2 fully saturated rings. The van der Waals surface area contributed by atoms with E-state index in [1.807, 2.05) is 0 Å². The van der Waals surface area contributed by atoms with Crippen molar-refractivity contribution in [2.24, 2.45) is 5.73 Å². The van der Waals surface area contributed by atoms with Crippen LogP contribution in [0.3, 0.4) is 0 Å². The van der Waals surface area contributed by atoms with Gasteiger partial charge in [0.25, 0.3) is 5.91 Å². The molecule has 1 saturated heterocycles. The Hall–Kier alpha value is -1.45. The van der Waals surface area contributed by atoms with Crippen molar-refractivity contribution in [1.82, 2.24) is 10.3 Å². The van der Waals surface area contributed by atoms with Gasteiger partial charge in [0, 0.05) is 18.1 Å². The second kappa shape index (κ2) is 8.28. The SMILES string of the molecule is NC(=O)c1cc(F)c(N[C@H]2CC[C@H](NC3CCS(=O)(=O)CC3)CC2)nc1Cl. The minimum atomic E-state index is -2.85. The number of nitrogens with one attached hydrogen (secondary N) is 2. The average Bonchev–Trinajstić information content (AvgIpc) is 2.61. The number of hydrogen-bond acceptors (Lipinski definition) is 6. The number of hydrogen-bond donors (Lipinski definition) is 3. The zero-order valence-corrected chi connectivity index (χ0v) is 16.5. The summed E-state index contributed by atoms with van der Waals surface area (Å²) in [6.45, 7) is 0. The van der Waals surface area contributed by atoms with Crippen molar-refractivity contribution in [1.29, 1.82) is 0 Å². The number of aromatic nitrogens is 1. The molecule has 27 heavy (non-hydrogen) atoms. The van der Waals surface area contributed by atoms with Gasteiger partial charge >= 0.3 is 0 Å². The Labute approximate surface area is 163 Å². The van der Waals surface area contributed by atoms with E-state index in [2.05, 4.69) is 15.6 Å². The number of amides is 1. The van der Waals surface area contributed by atoms with Crippen molar-refractivity contribution < 1.29 is 17.6 Å². The van der Waals surface area contributed by atoms with Crippen molar-refractivity contribution in [3.63, 3.8) is 0 Å². The Morgan fingerprint density at radius 2 is 1.67 bits per heavy atom. The number of nitrogens with zero attached hydrogens (tertiary/aromatic N) is 1. The fourth-order valence-corrected chi connectivity index (χ4v) is 5.45. The van der Waals surface area contributed by atoms with E-state index in [0.717, 1.165) is 31.7 Å². The first-order valence-corrected chi connectivity index (χ1v) is 11.3. The predicted octanol–water partition coefficient (Wildman–Crippen LogP) is 1.86. The first-order valence-electron chi connectivity index (χ1n) is 9.12. The largest absolute Gasteiger partial charge is 0.366 e. The van der Waals surface area contributed by atoms with Gasteiger partial charge in [-0.3, -0.25) is 4.79 Å². The zero-order valence-electron chi connectivity index (χ0n) is 14.9. The summed E-state index contributed by atoms with van der Waals surface area (Å²) in [5.74, 6) is -0.931. The summed E-state index contributed by atoms with van der Waals surface area (Å²) < 4.78 is 37.2. The van der Waals surface area contributed by atoms with Gasteiger partial charge in [-0.2, -0.15) is 0 Å². The van der Waals surface area contributed by atoms with Gasteiger partial charge in [-0.05, 0) is 44.6 Å². The molecule has 1 aromatic rings. The molecule has 1 aromatic heterocycles. The average molecular weight is 419 g/mol. The molecule has 0 atom stereocenters. The van der Waals surface area contributed by atoms with Gasteiger partial charge < -0.3 is 16.4 Å². The van der Waals surface area contributed by atoms with Crippen molar-refractivity contribution in [3.05, 3.63) is 22.6 Å². The third-order valence-electron chi connectivity index (χ3n) is 5.29. The molecule has 0 aromatic carbocycles. The monoisotopic (exact) mass is 418 g/mol. The van der Waals surface area contributed by atoms with E-state index in [1.165, 1.54) is 0 Å². The molecular formula is C17H24ClFN4O3S. The van der Waals surface area contributed by atoms with Gasteiger partial charge in [-0.25, -0.2) is 17.8 Å². The normalized spacial score (nSPS) is 25.9. The highest BCUT2D eigenvalue weighted by atomic mass is 35.5. The number of anilines is 1. The second-order valence-electron chi connectivity index (χ2n) is 7.31. The Balaban J connectivity index is 1.50. The molecule has 1 amide bonds. The number of rotatable bonds is 5. The van der Waals surface area contributed by atoms with E-state index in [1.54, 1.807) is 0 Å². The molecule has 0 radical (unpaired) electrons. The first kappa shape index (κ1) is 20.3. The van der Waals surface area contributed by atoms with Gasteiger partial charge in [-0.1, -0.05) is 11.6 Å². The van der Waals surface area contributed by atoms with Crippen molar-refractivity contribution >= 4 is 33.2 Å². The van der Waals surface area contributed by atoms with Crippen LogP contribution >= 0.6 is 11.6 Å². The highest BCUT2D eigenvalue weighted by molar-refractivity contribution is 7.91. The van der Waals surface area contributed by atoms with Gasteiger partial charge in [0.15, 0.2) is 11.6 Å². The van der Waals surface area contributed by atoms with Crippen molar-refractivity contribution in [2.45, 2.75) is 56.7 Å². The molecule has 1 aliphatic heterocycles. The van der Waals surface area contributed by atoms with Crippen LogP contribution in [0.25, 0.3) is 0 Å². The Kier molecular flexibility index (Phi) is 6.22. The Morgan fingerprint density at radius 1 is 1.11 bits per heavy atom. The molecule has 1 saturated carbocycles. The van der Waals surface area contributed by atoms with Crippen LogP contribution in [0, 0.1) is 5.82 Å². The highest BCUT2D eigenvalue weighted by Gasteiger charge is 2.28. The molecule has 3 rings (SSSR count). The van der Waals surface area contributed by atoms with E-state index >= 15 is 0 Å². The maximum atomic E-state index is 14.1. The van der Waals surface area contributed by atoms with Crippen LogP contribution in [0.15, 0.2) is 6.07 Å². The Morgan fingerprint density at radius 3 is 2.26 bits per heavy atom. The highest BCUT2D eigenvalue weighted by Crippen LogP contribution is 2.26. The second-order valence-corrected chi connectivity index (χ2v) is 9.97. The van der Waals surface area contributed by atoms with Gasteiger partial charge in [0.05, 0.1) is 17.1 Å². The van der Waals surface area contributed by atoms with Crippen LogP contribution in [0.5, 0.6) is 0 Å². The van der Waals surface area contributed by atoms with Gasteiger partial charge in [0.1, 0.15) is 15.0 Å². The standard InChI is InChI=1S/C17H24ClFN4O3S/c18-15-13(16(20)24)9-14(19)17(23-15)22-11-3-1-10(2-4-11)21-12-5-7-27(25,26)8-6-12/h9-12,21H,1-8H2,(H2,20,24)(H,22,23)/t10-,11-. The minimum Gasteiger partial charge on any atom is -0.366 e. The fraction of sp³-hybridized carbons (Fsp3) is 0.647. The molecule has 10 heteroatoms. The lowest BCUT2D eigenvalue weighted by Crippen LogP contribution is -2.45.